The molecule has 0 aromatic heterocycles. The van der Waals surface area contributed by atoms with Gasteiger partial charge in [0.1, 0.15) is 5.75 Å². The van der Waals surface area contributed by atoms with Crippen LogP contribution in [0, 0.1) is 13.8 Å². The van der Waals surface area contributed by atoms with Gasteiger partial charge in [0, 0.05) is 5.69 Å². The Hall–Kier alpha value is -2.53. The molecular formula is C20H22ClNO4. The third kappa shape index (κ3) is 4.76. The first-order valence-corrected chi connectivity index (χ1v) is 8.71. The van der Waals surface area contributed by atoms with E-state index >= 15 is 0 Å². The number of carbonyl (C=O) groups excluding carboxylic acids is 2. The highest BCUT2D eigenvalue weighted by atomic mass is 35.5. The molecule has 0 unspecified atom stereocenters. The van der Waals surface area contributed by atoms with Crippen LogP contribution in [-0.2, 0) is 9.53 Å². The molecule has 2 aromatic carbocycles. The number of carbonyl (C=O) groups is 2. The highest BCUT2D eigenvalue weighted by Gasteiger charge is 2.18. The van der Waals surface area contributed by atoms with Gasteiger partial charge in [0.25, 0.3) is 5.91 Å². The van der Waals surface area contributed by atoms with Crippen LogP contribution < -0.4 is 10.1 Å². The molecule has 0 aliphatic heterocycles. The molecule has 2 aromatic rings. The first kappa shape index (κ1) is 19.8. The van der Waals surface area contributed by atoms with Gasteiger partial charge in [0.05, 0.1) is 17.2 Å². The number of nitrogens with one attached hydrogen (secondary N) is 1. The van der Waals surface area contributed by atoms with Crippen LogP contribution in [0.3, 0.4) is 0 Å². The first-order valence-electron chi connectivity index (χ1n) is 8.34. The molecule has 1 atom stereocenters. The van der Waals surface area contributed by atoms with Crippen molar-refractivity contribution in [3.8, 4) is 5.75 Å². The fourth-order valence-corrected chi connectivity index (χ4v) is 2.50. The van der Waals surface area contributed by atoms with E-state index < -0.39 is 12.1 Å². The van der Waals surface area contributed by atoms with Gasteiger partial charge in [-0.2, -0.15) is 0 Å². The van der Waals surface area contributed by atoms with Gasteiger partial charge in [-0.05, 0) is 63.1 Å². The van der Waals surface area contributed by atoms with Crippen molar-refractivity contribution in [3.05, 3.63) is 58.1 Å². The molecule has 0 spiro atoms. The van der Waals surface area contributed by atoms with Crippen LogP contribution in [0.1, 0.15) is 35.3 Å². The lowest BCUT2D eigenvalue weighted by atomic mass is 10.1. The Morgan fingerprint density at radius 1 is 1.19 bits per heavy atom. The molecule has 0 bridgehead atoms. The summed E-state index contributed by atoms with van der Waals surface area (Å²) in [6, 6.07) is 10.3. The number of ether oxygens (including phenoxy) is 2. The Balaban J connectivity index is 2.10. The third-order valence-electron chi connectivity index (χ3n) is 3.96. The normalized spacial score (nSPS) is 11.6. The zero-order valence-corrected chi connectivity index (χ0v) is 16.0. The van der Waals surface area contributed by atoms with Crippen LogP contribution in [0.2, 0.25) is 5.02 Å². The SMILES string of the molecule is CCOC(=O)c1cc(NC(=O)[C@@H](C)Oc2cccc(C)c2C)ccc1Cl. The molecule has 0 heterocycles. The number of rotatable bonds is 6. The average Bonchev–Trinajstić information content (AvgIpc) is 2.60. The van der Waals surface area contributed by atoms with Gasteiger partial charge in [-0.1, -0.05) is 23.7 Å². The molecule has 0 radical (unpaired) electrons. The van der Waals surface area contributed by atoms with Crippen molar-refractivity contribution in [3.63, 3.8) is 0 Å². The Bertz CT molecular complexity index is 819. The molecule has 0 saturated heterocycles. The topological polar surface area (TPSA) is 64.6 Å². The minimum atomic E-state index is -0.711. The van der Waals surface area contributed by atoms with Crippen molar-refractivity contribution < 1.29 is 19.1 Å². The van der Waals surface area contributed by atoms with E-state index in [1.54, 1.807) is 26.0 Å². The van der Waals surface area contributed by atoms with Crippen LogP contribution in [0.15, 0.2) is 36.4 Å². The van der Waals surface area contributed by atoms with Crippen LogP contribution >= 0.6 is 11.6 Å². The second kappa shape index (κ2) is 8.72. The van der Waals surface area contributed by atoms with Crippen molar-refractivity contribution in [1.29, 1.82) is 0 Å². The number of halogens is 1. The van der Waals surface area contributed by atoms with Crippen molar-refractivity contribution in [2.75, 3.05) is 11.9 Å². The summed E-state index contributed by atoms with van der Waals surface area (Å²) in [5.41, 5.74) is 2.73. The Kier molecular flexibility index (Phi) is 6.64. The standard InChI is InChI=1S/C20H22ClNO4/c1-5-25-20(24)16-11-15(9-10-17(16)21)22-19(23)14(4)26-18-8-6-7-12(2)13(18)3/h6-11,14H,5H2,1-4H3,(H,22,23)/t14-/m1/s1. The largest absolute Gasteiger partial charge is 0.481 e. The lowest BCUT2D eigenvalue weighted by Crippen LogP contribution is -2.30. The van der Waals surface area contributed by atoms with E-state index in [9.17, 15) is 9.59 Å². The lowest BCUT2D eigenvalue weighted by molar-refractivity contribution is -0.122. The van der Waals surface area contributed by atoms with Crippen molar-refractivity contribution in [2.24, 2.45) is 0 Å². The molecule has 2 rings (SSSR count). The van der Waals surface area contributed by atoms with Crippen molar-refractivity contribution >= 4 is 29.2 Å². The van der Waals surface area contributed by atoms with E-state index in [0.29, 0.717) is 11.4 Å². The monoisotopic (exact) mass is 375 g/mol. The van der Waals surface area contributed by atoms with Crippen molar-refractivity contribution in [2.45, 2.75) is 33.8 Å². The van der Waals surface area contributed by atoms with Gasteiger partial charge in [-0.15, -0.1) is 0 Å². The third-order valence-corrected chi connectivity index (χ3v) is 4.29. The molecular weight excluding hydrogens is 354 g/mol. The lowest BCUT2D eigenvalue weighted by Gasteiger charge is -2.17. The Morgan fingerprint density at radius 3 is 2.62 bits per heavy atom. The maximum absolute atomic E-state index is 12.4. The summed E-state index contributed by atoms with van der Waals surface area (Å²) in [4.78, 5) is 24.3. The van der Waals surface area contributed by atoms with Crippen LogP contribution in [0.25, 0.3) is 0 Å². The van der Waals surface area contributed by atoms with Crippen LogP contribution in [0.5, 0.6) is 5.75 Å². The molecule has 0 aliphatic carbocycles. The molecule has 0 saturated carbocycles. The number of aryl methyl sites for hydroxylation is 1. The second-order valence-corrected chi connectivity index (χ2v) is 6.27. The van der Waals surface area contributed by atoms with E-state index in [0.717, 1.165) is 11.1 Å². The van der Waals surface area contributed by atoms with Gasteiger partial charge in [0.2, 0.25) is 0 Å². The summed E-state index contributed by atoms with van der Waals surface area (Å²) in [7, 11) is 0. The number of anilines is 1. The molecule has 0 aliphatic rings. The van der Waals surface area contributed by atoms with E-state index in [1.807, 2.05) is 32.0 Å². The van der Waals surface area contributed by atoms with E-state index in [1.165, 1.54) is 6.07 Å². The average molecular weight is 376 g/mol. The van der Waals surface area contributed by atoms with E-state index in [2.05, 4.69) is 5.32 Å². The highest BCUT2D eigenvalue weighted by Crippen LogP contribution is 2.24. The Labute approximate surface area is 158 Å². The van der Waals surface area contributed by atoms with Gasteiger partial charge >= 0.3 is 5.97 Å². The predicted octanol–water partition coefficient (Wildman–Crippen LogP) is 4.54. The number of hydrogen-bond donors (Lipinski definition) is 1. The van der Waals surface area contributed by atoms with Crippen LogP contribution in [0.4, 0.5) is 5.69 Å². The maximum atomic E-state index is 12.4. The van der Waals surface area contributed by atoms with Gasteiger partial charge in [0.15, 0.2) is 6.10 Å². The minimum absolute atomic E-state index is 0.203. The predicted molar refractivity (Wildman–Crippen MR) is 102 cm³/mol. The second-order valence-electron chi connectivity index (χ2n) is 5.86. The number of amides is 1. The van der Waals surface area contributed by atoms with Crippen LogP contribution in [-0.4, -0.2) is 24.6 Å². The zero-order valence-electron chi connectivity index (χ0n) is 15.3. The smallest absolute Gasteiger partial charge is 0.339 e. The quantitative estimate of drug-likeness (QED) is 0.753. The summed E-state index contributed by atoms with van der Waals surface area (Å²) in [5.74, 6) is -0.202. The Morgan fingerprint density at radius 2 is 1.92 bits per heavy atom. The number of benzene rings is 2. The summed E-state index contributed by atoms with van der Waals surface area (Å²) >= 11 is 6.03. The number of esters is 1. The molecule has 5 nitrogen and oxygen atoms in total. The zero-order chi connectivity index (χ0) is 19.3. The van der Waals surface area contributed by atoms with E-state index in [-0.39, 0.29) is 23.1 Å². The fraction of sp³-hybridized carbons (Fsp3) is 0.300. The molecule has 26 heavy (non-hydrogen) atoms. The van der Waals surface area contributed by atoms with Gasteiger partial charge < -0.3 is 14.8 Å². The summed E-state index contributed by atoms with van der Waals surface area (Å²) < 4.78 is 10.7. The molecule has 0 fully saturated rings. The van der Waals surface area contributed by atoms with E-state index in [4.69, 9.17) is 21.1 Å². The molecule has 138 valence electrons. The van der Waals surface area contributed by atoms with Crippen molar-refractivity contribution in [1.82, 2.24) is 0 Å². The highest BCUT2D eigenvalue weighted by molar-refractivity contribution is 6.33. The minimum Gasteiger partial charge on any atom is -0.481 e. The summed E-state index contributed by atoms with van der Waals surface area (Å²) in [6.07, 6.45) is -0.711. The first-order chi connectivity index (χ1) is 12.3. The summed E-state index contributed by atoms with van der Waals surface area (Å²) in [5, 5.41) is 3.00. The fourth-order valence-electron chi connectivity index (χ4n) is 2.31. The van der Waals surface area contributed by atoms with Gasteiger partial charge in [-0.3, -0.25) is 4.79 Å². The maximum Gasteiger partial charge on any atom is 0.339 e. The molecule has 1 N–H and O–H groups in total. The number of hydrogen-bond acceptors (Lipinski definition) is 4. The van der Waals surface area contributed by atoms with Gasteiger partial charge in [-0.25, -0.2) is 4.79 Å². The molecule has 6 heteroatoms. The molecule has 1 amide bonds. The summed E-state index contributed by atoms with van der Waals surface area (Å²) in [6.45, 7) is 7.55.